The molecule has 0 unspecified atom stereocenters. The molecule has 0 radical (unpaired) electrons. The molecule has 23 rings (SSSR count). The highest BCUT2D eigenvalue weighted by Gasteiger charge is 2.47. The van der Waals surface area contributed by atoms with E-state index < -0.39 is 5.41 Å². The fourth-order valence-corrected chi connectivity index (χ4v) is 17.3. The average molecular weight is 1390 g/mol. The summed E-state index contributed by atoms with van der Waals surface area (Å²) in [6, 6.07) is 112. The number of anilines is 8. The second-order valence-corrected chi connectivity index (χ2v) is 27.5. The minimum atomic E-state index is -0.528. The van der Waals surface area contributed by atoms with Gasteiger partial charge in [-0.15, -0.1) is 0 Å². The third-order valence-corrected chi connectivity index (χ3v) is 21.9. The summed E-state index contributed by atoms with van der Waals surface area (Å²) in [5.41, 5.74) is 24.9. The van der Waals surface area contributed by atoms with E-state index >= 15 is 0 Å². The van der Waals surface area contributed by atoms with E-state index in [1.165, 1.54) is 22.3 Å². The van der Waals surface area contributed by atoms with E-state index in [0.29, 0.717) is 39.1 Å². The first kappa shape index (κ1) is 62.0. The molecule has 0 amide bonds. The van der Waals surface area contributed by atoms with Crippen LogP contribution in [0.1, 0.15) is 60.3 Å². The van der Waals surface area contributed by atoms with Crippen LogP contribution in [0.3, 0.4) is 0 Å². The molecule has 0 atom stereocenters. The molecular weight excluding hydrogens is 1330 g/mol. The van der Waals surface area contributed by atoms with E-state index in [1.54, 1.807) is 13.7 Å². The van der Waals surface area contributed by atoms with Crippen LogP contribution < -0.4 is 20.1 Å². The Morgan fingerprint density at radius 3 is 1.00 bits per heavy atom. The molecule has 4 aromatic heterocycles. The number of carbonyl (C=O) groups is 3. The van der Waals surface area contributed by atoms with Crippen molar-refractivity contribution in [2.24, 2.45) is 0 Å². The second kappa shape index (κ2) is 24.0. The first-order valence-corrected chi connectivity index (χ1v) is 36.1. The molecule has 14 heteroatoms. The number of rotatable bonds is 6. The van der Waals surface area contributed by atoms with Crippen LogP contribution in [0.4, 0.5) is 45.5 Å². The molecule has 5 aliphatic rings. The van der Waals surface area contributed by atoms with Crippen LogP contribution in [-0.4, -0.2) is 57.5 Å². The summed E-state index contributed by atoms with van der Waals surface area (Å²) in [6.07, 6.45) is 0. The van der Waals surface area contributed by atoms with E-state index in [0.717, 1.165) is 124 Å². The number of hydrogen-bond donors (Lipinski definition) is 0. The Morgan fingerprint density at radius 1 is 0.278 bits per heavy atom. The minimum absolute atomic E-state index is 0.0105. The van der Waals surface area contributed by atoms with Crippen LogP contribution in [0.5, 0.6) is 0 Å². The summed E-state index contributed by atoms with van der Waals surface area (Å²) < 4.78 is 7.22. The zero-order valence-electron chi connectivity index (χ0n) is 58.1. The second-order valence-electron chi connectivity index (χ2n) is 27.5. The lowest BCUT2D eigenvalue weighted by molar-refractivity contribution is 0.0965. The summed E-state index contributed by atoms with van der Waals surface area (Å²) in [7, 11) is 0. The van der Waals surface area contributed by atoms with Gasteiger partial charge in [-0.2, -0.15) is 0 Å². The molecule has 5 aliphatic heterocycles. The van der Waals surface area contributed by atoms with Crippen molar-refractivity contribution < 1.29 is 14.4 Å². The van der Waals surface area contributed by atoms with Crippen molar-refractivity contribution in [1.82, 2.24) is 33.2 Å². The number of fused-ring (bicyclic) bond motifs is 21. The zero-order chi connectivity index (χ0) is 72.0. The summed E-state index contributed by atoms with van der Waals surface area (Å²) in [4.78, 5) is 75.0. The van der Waals surface area contributed by atoms with Crippen molar-refractivity contribution >= 4 is 118 Å². The molecule has 510 valence electrons. The quantitative estimate of drug-likeness (QED) is 0.148. The van der Waals surface area contributed by atoms with Crippen LogP contribution in [0.25, 0.3) is 94.8 Å². The summed E-state index contributed by atoms with van der Waals surface area (Å²) in [6.45, 7) is 3.04. The minimum Gasteiger partial charge on any atom is -0.338 e. The van der Waals surface area contributed by atoms with E-state index in [-0.39, 0.29) is 23.2 Å². The monoisotopic (exact) mass is 1390 g/mol. The molecule has 0 aliphatic carbocycles. The van der Waals surface area contributed by atoms with Crippen LogP contribution in [0.2, 0.25) is 0 Å². The molecule has 0 spiro atoms. The first-order chi connectivity index (χ1) is 53.2. The number of pyridine rings is 1. The van der Waals surface area contributed by atoms with Crippen molar-refractivity contribution in [2.45, 2.75) is 12.3 Å². The van der Waals surface area contributed by atoms with Crippen LogP contribution in [0, 0.1) is 0 Å². The summed E-state index contributed by atoms with van der Waals surface area (Å²) in [5, 5.41) is 1.30. The molecule has 0 N–H and O–H groups in total. The SMILES string of the molecule is CCN1c2ccccc2N(c2ccc3c(c2)C(=O)n2c-3nc3ccccc32)c2ccccc21.O=C1c2cc(-n3c4ccccc4c(=O)c4ccccc43)ccc2-c2nc3ccccc3n21.O=C1c2cc(N3c4ccccc4C(c4ccccc4)(c4ccccc4)c4ccccc43)ccc2-c2nc3ccccc3n21. The van der Waals surface area contributed by atoms with Gasteiger partial charge < -0.3 is 19.3 Å². The van der Waals surface area contributed by atoms with Gasteiger partial charge in [-0.25, -0.2) is 15.0 Å². The maximum absolute atomic E-state index is 13.9. The number of benzene rings is 14. The third kappa shape index (κ3) is 8.91. The highest BCUT2D eigenvalue weighted by Crippen LogP contribution is 2.59. The average Bonchev–Trinajstić information content (AvgIpc) is 1.09. The lowest BCUT2D eigenvalue weighted by Crippen LogP contribution is -2.37. The Bertz CT molecular complexity index is 6750. The van der Waals surface area contributed by atoms with Gasteiger partial charge >= 0.3 is 0 Å². The van der Waals surface area contributed by atoms with Gasteiger partial charge in [-0.05, 0) is 181 Å². The molecular formula is C94H60N10O4. The predicted octanol–water partition coefficient (Wildman–Crippen LogP) is 20.7. The maximum atomic E-state index is 13.9. The molecule has 18 aromatic rings. The Labute approximate surface area is 618 Å². The van der Waals surface area contributed by atoms with Crippen molar-refractivity contribution in [1.29, 1.82) is 0 Å². The number of aromatic nitrogens is 7. The van der Waals surface area contributed by atoms with Crippen molar-refractivity contribution in [3.05, 3.63) is 383 Å². The molecule has 108 heavy (non-hydrogen) atoms. The summed E-state index contributed by atoms with van der Waals surface area (Å²) in [5.74, 6) is 1.96. The van der Waals surface area contributed by atoms with Gasteiger partial charge in [0.2, 0.25) is 0 Å². The highest BCUT2D eigenvalue weighted by molar-refractivity contribution is 6.16. The number of carbonyl (C=O) groups excluding carboxylic acids is 3. The van der Waals surface area contributed by atoms with E-state index in [2.05, 4.69) is 202 Å². The maximum Gasteiger partial charge on any atom is 0.264 e. The fraction of sp³-hybridized carbons (Fsp3) is 0.0319. The van der Waals surface area contributed by atoms with Crippen molar-refractivity contribution in [2.75, 3.05) is 21.2 Å². The van der Waals surface area contributed by atoms with Gasteiger partial charge in [0.1, 0.15) is 17.5 Å². The Morgan fingerprint density at radius 2 is 0.593 bits per heavy atom. The van der Waals surface area contributed by atoms with Crippen LogP contribution >= 0.6 is 0 Å². The molecule has 0 fully saturated rings. The van der Waals surface area contributed by atoms with E-state index in [9.17, 15) is 19.2 Å². The van der Waals surface area contributed by atoms with Crippen LogP contribution in [-0.2, 0) is 5.41 Å². The van der Waals surface area contributed by atoms with Gasteiger partial charge in [0.05, 0.1) is 100 Å². The normalized spacial score (nSPS) is 13.6. The number of para-hydroxylation sites is 14. The lowest BCUT2D eigenvalue weighted by atomic mass is 9.62. The Balaban J connectivity index is 0.000000105. The molecule has 14 nitrogen and oxygen atoms in total. The van der Waals surface area contributed by atoms with Gasteiger partial charge in [0.15, 0.2) is 5.43 Å². The van der Waals surface area contributed by atoms with Gasteiger partial charge in [0, 0.05) is 51.1 Å². The zero-order valence-corrected chi connectivity index (χ0v) is 58.1. The highest BCUT2D eigenvalue weighted by atomic mass is 16.2. The Hall–Kier alpha value is -14.6. The lowest BCUT2D eigenvalue weighted by Gasteiger charge is -2.46. The first-order valence-electron chi connectivity index (χ1n) is 36.1. The molecule has 9 heterocycles. The smallest absolute Gasteiger partial charge is 0.264 e. The number of imidazole rings is 3. The van der Waals surface area contributed by atoms with Crippen molar-refractivity contribution in [3.63, 3.8) is 0 Å². The van der Waals surface area contributed by atoms with Crippen molar-refractivity contribution in [3.8, 4) is 39.9 Å². The van der Waals surface area contributed by atoms with Gasteiger partial charge in [-0.3, -0.25) is 32.9 Å². The Kier molecular flexibility index (Phi) is 13.8. The number of nitrogens with zero attached hydrogens (tertiary/aromatic N) is 10. The standard InChI is InChI=1S/C39H25N3O.C28H20N4O.C27H15N3O2/c43-38-30-25-28(23-24-29(30)37-40-33-19-9-12-22-36(33)42(37)38)41-34-20-10-7-17-31(34)39(26-13-3-1-4-14-26,27-15-5-2-6-16-27)32-18-8-11-21-35(32)41;1-2-30-23-11-5-7-13-25(23)31(26-14-8-6-12-24(26)30)18-15-16-19-20(17-18)28(33)32-22-10-4-3-9-21(22)29-27(19)32;31-25-18-7-1-4-10-22(18)29(23-11-5-2-8-19(23)25)16-13-14-17-20(15-16)27(32)30-24-12-6-3-9-21(24)28-26(17)30/h1-25H;3-17H,2H2,1H3;1-15H. The third-order valence-electron chi connectivity index (χ3n) is 21.9. The topological polar surface area (TPSA) is 136 Å². The molecule has 0 saturated heterocycles. The predicted molar refractivity (Wildman–Crippen MR) is 429 cm³/mol. The molecule has 0 bridgehead atoms. The molecule has 14 aromatic carbocycles. The van der Waals surface area contributed by atoms with Gasteiger partial charge in [0.25, 0.3) is 17.7 Å². The fourth-order valence-electron chi connectivity index (χ4n) is 17.3. The van der Waals surface area contributed by atoms with Crippen LogP contribution in [0.15, 0.2) is 338 Å². The molecule has 0 saturated carbocycles. The largest absolute Gasteiger partial charge is 0.338 e. The number of hydrogen-bond acceptors (Lipinski definition) is 10. The van der Waals surface area contributed by atoms with E-state index in [4.69, 9.17) is 15.0 Å². The van der Waals surface area contributed by atoms with Gasteiger partial charge in [-0.1, -0.05) is 182 Å². The summed E-state index contributed by atoms with van der Waals surface area (Å²) >= 11 is 0. The van der Waals surface area contributed by atoms with E-state index in [1.807, 2.05) is 158 Å².